The highest BCUT2D eigenvalue weighted by molar-refractivity contribution is 7.98. The van der Waals surface area contributed by atoms with Gasteiger partial charge in [0.1, 0.15) is 0 Å². The third-order valence-corrected chi connectivity index (χ3v) is 9.84. The van der Waals surface area contributed by atoms with Crippen molar-refractivity contribution >= 4 is 55.8 Å². The summed E-state index contributed by atoms with van der Waals surface area (Å²) in [7, 11) is 0. The molecule has 1 aliphatic heterocycles. The Kier molecular flexibility index (Phi) is 5.85. The first-order valence-corrected chi connectivity index (χ1v) is 15.4. The van der Waals surface area contributed by atoms with Gasteiger partial charge in [-0.25, -0.2) is 0 Å². The minimum absolute atomic E-state index is 0.0816. The van der Waals surface area contributed by atoms with Gasteiger partial charge in [0.05, 0.1) is 0 Å². The maximum atomic E-state index is 2.54. The van der Waals surface area contributed by atoms with Crippen LogP contribution in [0.25, 0.3) is 32.3 Å². The summed E-state index contributed by atoms with van der Waals surface area (Å²) >= 11 is 4.09. The number of benzene rings is 5. The fourth-order valence-electron chi connectivity index (χ4n) is 5.95. The van der Waals surface area contributed by atoms with E-state index >= 15 is 0 Å². The molecule has 36 heavy (non-hydrogen) atoms. The summed E-state index contributed by atoms with van der Waals surface area (Å²) in [6.07, 6.45) is 0. The Bertz CT molecular complexity index is 1480. The highest BCUT2D eigenvalue weighted by Gasteiger charge is 2.26. The van der Waals surface area contributed by atoms with E-state index in [1.807, 2.05) is 23.5 Å². The third kappa shape index (κ3) is 4.11. The zero-order valence-electron chi connectivity index (χ0n) is 22.4. The van der Waals surface area contributed by atoms with Crippen molar-refractivity contribution in [2.75, 3.05) is 0 Å². The Morgan fingerprint density at radius 2 is 0.944 bits per heavy atom. The molecule has 0 aliphatic carbocycles. The largest absolute Gasteiger partial charge is 0.152 e. The van der Waals surface area contributed by atoms with Gasteiger partial charge in [0.25, 0.3) is 0 Å². The maximum Gasteiger partial charge on any atom is 0.0194 e. The Labute approximate surface area is 224 Å². The molecule has 1 aliphatic rings. The topological polar surface area (TPSA) is 0 Å². The van der Waals surface area contributed by atoms with Crippen LogP contribution in [0.3, 0.4) is 0 Å². The molecule has 0 atom stereocenters. The van der Waals surface area contributed by atoms with Crippen LogP contribution in [0.1, 0.15) is 74.9 Å². The van der Waals surface area contributed by atoms with Crippen LogP contribution >= 0.6 is 23.5 Å². The Balaban J connectivity index is 1.73. The smallest absolute Gasteiger partial charge is 0.0194 e. The van der Waals surface area contributed by atoms with Crippen LogP contribution in [0.2, 0.25) is 0 Å². The normalized spacial score (nSPS) is 15.4. The molecular weight excluding hydrogens is 473 g/mol. The molecule has 0 spiro atoms. The number of hydrogen-bond donors (Lipinski definition) is 0. The van der Waals surface area contributed by atoms with Gasteiger partial charge in [-0.2, -0.15) is 23.5 Å². The molecule has 1 heterocycles. The summed E-state index contributed by atoms with van der Waals surface area (Å²) in [5.41, 5.74) is 8.92. The average molecular weight is 509 g/mol. The van der Waals surface area contributed by atoms with Crippen molar-refractivity contribution in [1.29, 1.82) is 0 Å². The molecule has 184 valence electrons. The van der Waals surface area contributed by atoms with Crippen LogP contribution in [0.5, 0.6) is 0 Å². The molecule has 0 aromatic heterocycles. The van der Waals surface area contributed by atoms with E-state index in [1.54, 1.807) is 0 Å². The molecule has 0 radical (unpaired) electrons. The predicted octanol–water partition coefficient (Wildman–Crippen LogP) is 10.4. The molecule has 6 rings (SSSR count). The molecule has 0 N–H and O–H groups in total. The van der Waals surface area contributed by atoms with E-state index in [2.05, 4.69) is 102 Å². The van der Waals surface area contributed by atoms with E-state index in [9.17, 15) is 0 Å². The van der Waals surface area contributed by atoms with Crippen molar-refractivity contribution < 1.29 is 0 Å². The van der Waals surface area contributed by atoms with Gasteiger partial charge >= 0.3 is 0 Å². The second-order valence-corrected chi connectivity index (χ2v) is 14.5. The van der Waals surface area contributed by atoms with Crippen molar-refractivity contribution in [3.8, 4) is 0 Å². The lowest BCUT2D eigenvalue weighted by molar-refractivity contribution is 0.595. The zero-order valence-corrected chi connectivity index (χ0v) is 24.1. The number of hydrogen-bond acceptors (Lipinski definition) is 2. The zero-order chi connectivity index (χ0) is 25.2. The first-order chi connectivity index (χ1) is 17.1. The third-order valence-electron chi connectivity index (χ3n) is 7.74. The molecular formula is C34H36S2. The van der Waals surface area contributed by atoms with Gasteiger partial charge in [-0.05, 0) is 88.7 Å². The van der Waals surface area contributed by atoms with Crippen LogP contribution in [0.4, 0.5) is 0 Å². The lowest BCUT2D eigenvalue weighted by Crippen LogP contribution is -2.14. The van der Waals surface area contributed by atoms with Gasteiger partial charge in [0.15, 0.2) is 0 Å². The molecule has 0 unspecified atom stereocenters. The van der Waals surface area contributed by atoms with Crippen LogP contribution in [-0.4, -0.2) is 0 Å². The molecule has 5 aromatic rings. The first-order valence-electron chi connectivity index (χ1n) is 13.1. The highest BCUT2D eigenvalue weighted by Crippen LogP contribution is 2.46. The monoisotopic (exact) mass is 508 g/mol. The van der Waals surface area contributed by atoms with Gasteiger partial charge in [-0.3, -0.25) is 0 Å². The van der Waals surface area contributed by atoms with Gasteiger partial charge in [-0.15, -0.1) is 0 Å². The van der Waals surface area contributed by atoms with Crippen molar-refractivity contribution in [3.05, 3.63) is 94.0 Å². The lowest BCUT2D eigenvalue weighted by atomic mass is 9.76. The Morgan fingerprint density at radius 1 is 0.500 bits per heavy atom. The van der Waals surface area contributed by atoms with E-state index in [0.717, 1.165) is 23.0 Å². The van der Waals surface area contributed by atoms with Gasteiger partial charge in [0.2, 0.25) is 0 Å². The number of thioether (sulfide) groups is 2. The summed E-state index contributed by atoms with van der Waals surface area (Å²) in [4.78, 5) is 0. The van der Waals surface area contributed by atoms with Crippen LogP contribution in [0, 0.1) is 0 Å². The SMILES string of the molecule is CC(C)(C)c1cc2c3ccc4c(C(C)(C)C)cc5c(ccc1c5c24)CSCc1cccc(c1)CSC3. The predicted molar refractivity (Wildman–Crippen MR) is 164 cm³/mol. The van der Waals surface area contributed by atoms with Crippen LogP contribution in [-0.2, 0) is 33.8 Å². The Hall–Kier alpha value is -2.16. The van der Waals surface area contributed by atoms with Crippen molar-refractivity contribution in [1.82, 2.24) is 0 Å². The second-order valence-electron chi connectivity index (χ2n) is 12.5. The maximum absolute atomic E-state index is 2.54. The quantitative estimate of drug-likeness (QED) is 0.191. The highest BCUT2D eigenvalue weighted by atomic mass is 32.2. The standard InChI is InChI=1S/C34H36S2/c1-33(2,3)29-15-27-23-11-13-26-30(34(4,5)6)16-28-24(10-12-25(29)31(28)32(26)27)20-36-18-22-9-7-8-21(14-22)17-35-19-23/h7-16H,17-20H2,1-6H3. The van der Waals surface area contributed by atoms with E-state index in [-0.39, 0.29) is 10.8 Å². The fraction of sp³-hybridized carbons (Fsp3) is 0.353. The van der Waals surface area contributed by atoms with Crippen molar-refractivity contribution in [2.24, 2.45) is 0 Å². The average Bonchev–Trinajstić information content (AvgIpc) is 2.82. The first kappa shape index (κ1) is 24.2. The van der Waals surface area contributed by atoms with Gasteiger partial charge in [-0.1, -0.05) is 90.1 Å². The minimum Gasteiger partial charge on any atom is -0.152 e. The molecule has 8 bridgehead atoms. The van der Waals surface area contributed by atoms with E-state index < -0.39 is 0 Å². The fourth-order valence-corrected chi connectivity index (χ4v) is 7.92. The molecule has 0 amide bonds. The summed E-state index contributed by atoms with van der Waals surface area (Å²) in [6, 6.07) is 24.0. The summed E-state index contributed by atoms with van der Waals surface area (Å²) in [6.45, 7) is 14.2. The number of rotatable bonds is 0. The van der Waals surface area contributed by atoms with Crippen LogP contribution in [0.15, 0.2) is 60.7 Å². The van der Waals surface area contributed by atoms with Gasteiger partial charge in [0, 0.05) is 23.0 Å². The van der Waals surface area contributed by atoms with E-state index in [0.29, 0.717) is 0 Å². The molecule has 5 aromatic carbocycles. The van der Waals surface area contributed by atoms with Gasteiger partial charge < -0.3 is 0 Å². The summed E-state index contributed by atoms with van der Waals surface area (Å²) in [5, 5.41) is 8.76. The van der Waals surface area contributed by atoms with E-state index in [1.165, 1.54) is 65.7 Å². The summed E-state index contributed by atoms with van der Waals surface area (Å²) in [5.74, 6) is 4.19. The van der Waals surface area contributed by atoms with E-state index in [4.69, 9.17) is 0 Å². The van der Waals surface area contributed by atoms with Crippen LogP contribution < -0.4 is 0 Å². The van der Waals surface area contributed by atoms with Crippen molar-refractivity contribution in [2.45, 2.75) is 75.4 Å². The molecule has 0 nitrogen and oxygen atoms in total. The number of fused-ring (bicyclic) bond motifs is 2. The lowest BCUT2D eigenvalue weighted by Gasteiger charge is -2.29. The molecule has 0 fully saturated rings. The molecule has 2 heteroatoms. The molecule has 0 saturated heterocycles. The Morgan fingerprint density at radius 3 is 1.36 bits per heavy atom. The second kappa shape index (κ2) is 8.71. The summed E-state index contributed by atoms with van der Waals surface area (Å²) < 4.78 is 0. The van der Waals surface area contributed by atoms with Crippen molar-refractivity contribution in [3.63, 3.8) is 0 Å². The molecule has 0 saturated carbocycles. The minimum atomic E-state index is 0.0816.